The first-order valence-electron chi connectivity index (χ1n) is 5.02. The molecule has 0 saturated carbocycles. The van der Waals surface area contributed by atoms with Crippen LogP contribution >= 0.6 is 0 Å². The molecule has 0 atom stereocenters. The Balaban J connectivity index is 2.41. The number of rotatable bonds is 3. The van der Waals surface area contributed by atoms with Crippen LogP contribution in [0.15, 0.2) is 18.3 Å². The predicted octanol–water partition coefficient (Wildman–Crippen LogP) is 1.42. The average molecular weight is 203 g/mol. The van der Waals surface area contributed by atoms with Gasteiger partial charge in [0.2, 0.25) is 0 Å². The summed E-state index contributed by atoms with van der Waals surface area (Å²) in [6.45, 7) is 3.61. The summed E-state index contributed by atoms with van der Waals surface area (Å²) in [5, 5.41) is 4.29. The minimum atomic E-state index is 0.158. The molecule has 78 valence electrons. The zero-order chi connectivity index (χ0) is 10.8. The number of hydrogen-bond donors (Lipinski definition) is 0. The summed E-state index contributed by atoms with van der Waals surface area (Å²) >= 11 is 0. The van der Waals surface area contributed by atoms with Crippen molar-refractivity contribution in [2.75, 3.05) is 0 Å². The van der Waals surface area contributed by atoms with Gasteiger partial charge in [-0.3, -0.25) is 4.79 Å². The first kappa shape index (κ1) is 9.83. The van der Waals surface area contributed by atoms with E-state index in [9.17, 15) is 4.79 Å². The summed E-state index contributed by atoms with van der Waals surface area (Å²) in [4.78, 5) is 15.3. The van der Waals surface area contributed by atoms with Gasteiger partial charge in [0, 0.05) is 19.0 Å². The number of Topliss-reactive ketones (excluding diaryl/α,β-unsaturated/α-hetero) is 1. The predicted molar refractivity (Wildman–Crippen MR) is 56.8 cm³/mol. The smallest absolute Gasteiger partial charge is 0.155 e. The maximum absolute atomic E-state index is 11.0. The van der Waals surface area contributed by atoms with Crippen molar-refractivity contribution in [3.8, 4) is 0 Å². The number of nitrogens with zero attached hydrogens (tertiary/aromatic N) is 3. The van der Waals surface area contributed by atoms with Crippen LogP contribution in [-0.2, 0) is 17.6 Å². The van der Waals surface area contributed by atoms with Crippen LogP contribution in [0, 0.1) is 0 Å². The van der Waals surface area contributed by atoms with Gasteiger partial charge >= 0.3 is 0 Å². The summed E-state index contributed by atoms with van der Waals surface area (Å²) in [5.41, 5.74) is 1.81. The van der Waals surface area contributed by atoms with Crippen LogP contribution in [0.5, 0.6) is 0 Å². The highest BCUT2D eigenvalue weighted by Crippen LogP contribution is 2.06. The Morgan fingerprint density at radius 1 is 1.47 bits per heavy atom. The Bertz CT molecular complexity index is 502. The van der Waals surface area contributed by atoms with Crippen LogP contribution in [0.1, 0.15) is 25.2 Å². The molecule has 0 spiro atoms. The first-order valence-corrected chi connectivity index (χ1v) is 5.02. The standard InChI is InChI=1S/C11H13N3O/c1-3-10-12-11-5-4-9(6-8(2)15)7-14(11)13-10/h4-5,7H,3,6H2,1-2H3. The second kappa shape index (κ2) is 3.81. The van der Waals surface area contributed by atoms with Crippen molar-refractivity contribution in [3.63, 3.8) is 0 Å². The van der Waals surface area contributed by atoms with Gasteiger partial charge in [0.1, 0.15) is 5.78 Å². The number of hydrogen-bond acceptors (Lipinski definition) is 3. The van der Waals surface area contributed by atoms with Crippen molar-refractivity contribution >= 4 is 11.4 Å². The fourth-order valence-corrected chi connectivity index (χ4v) is 1.51. The second-order valence-electron chi connectivity index (χ2n) is 3.60. The SMILES string of the molecule is CCc1nc2ccc(CC(C)=O)cn2n1. The number of aromatic nitrogens is 3. The highest BCUT2D eigenvalue weighted by molar-refractivity contribution is 5.78. The molecule has 0 unspecified atom stereocenters. The van der Waals surface area contributed by atoms with Crippen LogP contribution in [0.2, 0.25) is 0 Å². The molecular weight excluding hydrogens is 190 g/mol. The number of pyridine rings is 1. The van der Waals surface area contributed by atoms with Crippen LogP contribution in [0.25, 0.3) is 5.65 Å². The molecule has 2 heterocycles. The Morgan fingerprint density at radius 2 is 2.27 bits per heavy atom. The van der Waals surface area contributed by atoms with E-state index in [4.69, 9.17) is 0 Å². The van der Waals surface area contributed by atoms with Gasteiger partial charge in [-0.1, -0.05) is 13.0 Å². The molecule has 0 aliphatic heterocycles. The highest BCUT2D eigenvalue weighted by Gasteiger charge is 2.03. The zero-order valence-electron chi connectivity index (χ0n) is 8.90. The van der Waals surface area contributed by atoms with Crippen LogP contribution in [0.4, 0.5) is 0 Å². The van der Waals surface area contributed by atoms with Crippen LogP contribution in [-0.4, -0.2) is 20.4 Å². The van der Waals surface area contributed by atoms with E-state index in [1.54, 1.807) is 11.4 Å². The van der Waals surface area contributed by atoms with Crippen molar-refractivity contribution in [1.82, 2.24) is 14.6 Å². The van der Waals surface area contributed by atoms with Gasteiger partial charge in [-0.25, -0.2) is 9.50 Å². The van der Waals surface area contributed by atoms with Crippen LogP contribution < -0.4 is 0 Å². The molecule has 0 amide bonds. The minimum Gasteiger partial charge on any atom is -0.300 e. The summed E-state index contributed by atoms with van der Waals surface area (Å²) in [6, 6.07) is 3.81. The van der Waals surface area contributed by atoms with E-state index in [1.807, 2.05) is 25.3 Å². The monoisotopic (exact) mass is 203 g/mol. The Kier molecular flexibility index (Phi) is 2.49. The first-order chi connectivity index (χ1) is 7.19. The fraction of sp³-hybridized carbons (Fsp3) is 0.364. The number of aryl methyl sites for hydroxylation is 1. The Hall–Kier alpha value is -1.71. The third kappa shape index (κ3) is 2.03. The topological polar surface area (TPSA) is 47.3 Å². The molecule has 4 heteroatoms. The number of ketones is 1. The Labute approximate surface area is 87.9 Å². The number of fused-ring (bicyclic) bond motifs is 1. The van der Waals surface area contributed by atoms with E-state index in [0.717, 1.165) is 23.5 Å². The van der Waals surface area contributed by atoms with Gasteiger partial charge in [0.15, 0.2) is 11.5 Å². The van der Waals surface area contributed by atoms with Gasteiger partial charge < -0.3 is 0 Å². The molecule has 0 radical (unpaired) electrons. The lowest BCUT2D eigenvalue weighted by Gasteiger charge is -1.97. The lowest BCUT2D eigenvalue weighted by Crippen LogP contribution is -1.98. The molecule has 0 N–H and O–H groups in total. The molecule has 2 aromatic rings. The maximum Gasteiger partial charge on any atom is 0.155 e. The van der Waals surface area contributed by atoms with E-state index < -0.39 is 0 Å². The average Bonchev–Trinajstić information content (AvgIpc) is 2.58. The molecule has 2 rings (SSSR count). The summed E-state index contributed by atoms with van der Waals surface area (Å²) < 4.78 is 1.73. The normalized spacial score (nSPS) is 10.8. The molecule has 0 aliphatic carbocycles. The lowest BCUT2D eigenvalue weighted by atomic mass is 10.1. The summed E-state index contributed by atoms with van der Waals surface area (Å²) in [7, 11) is 0. The molecule has 0 aromatic carbocycles. The molecule has 15 heavy (non-hydrogen) atoms. The van der Waals surface area contributed by atoms with E-state index in [2.05, 4.69) is 10.1 Å². The molecular formula is C11H13N3O. The minimum absolute atomic E-state index is 0.158. The molecule has 2 aromatic heterocycles. The molecule has 0 fully saturated rings. The zero-order valence-corrected chi connectivity index (χ0v) is 8.90. The lowest BCUT2D eigenvalue weighted by molar-refractivity contribution is -0.116. The van der Waals surface area contributed by atoms with E-state index in [0.29, 0.717) is 6.42 Å². The van der Waals surface area contributed by atoms with Crippen molar-refractivity contribution in [1.29, 1.82) is 0 Å². The molecule has 0 bridgehead atoms. The second-order valence-corrected chi connectivity index (χ2v) is 3.60. The van der Waals surface area contributed by atoms with E-state index >= 15 is 0 Å². The quantitative estimate of drug-likeness (QED) is 0.758. The van der Waals surface area contributed by atoms with Crippen molar-refractivity contribution in [3.05, 3.63) is 29.7 Å². The van der Waals surface area contributed by atoms with Gasteiger partial charge in [-0.15, -0.1) is 0 Å². The van der Waals surface area contributed by atoms with Crippen LogP contribution in [0.3, 0.4) is 0 Å². The van der Waals surface area contributed by atoms with E-state index in [-0.39, 0.29) is 5.78 Å². The third-order valence-electron chi connectivity index (χ3n) is 2.21. The largest absolute Gasteiger partial charge is 0.300 e. The third-order valence-corrected chi connectivity index (χ3v) is 2.21. The van der Waals surface area contributed by atoms with Gasteiger partial charge in [-0.05, 0) is 18.6 Å². The van der Waals surface area contributed by atoms with Gasteiger partial charge in [-0.2, -0.15) is 5.10 Å². The maximum atomic E-state index is 11.0. The highest BCUT2D eigenvalue weighted by atomic mass is 16.1. The van der Waals surface area contributed by atoms with Gasteiger partial charge in [0.25, 0.3) is 0 Å². The van der Waals surface area contributed by atoms with E-state index in [1.165, 1.54) is 0 Å². The number of carbonyl (C=O) groups excluding carboxylic acids is 1. The Morgan fingerprint density at radius 3 is 2.93 bits per heavy atom. The fourth-order valence-electron chi connectivity index (χ4n) is 1.51. The van der Waals surface area contributed by atoms with Crippen molar-refractivity contribution in [2.45, 2.75) is 26.7 Å². The molecule has 0 saturated heterocycles. The van der Waals surface area contributed by atoms with Crippen molar-refractivity contribution in [2.24, 2.45) is 0 Å². The van der Waals surface area contributed by atoms with Gasteiger partial charge in [0.05, 0.1) is 0 Å². The molecule has 4 nitrogen and oxygen atoms in total. The van der Waals surface area contributed by atoms with Crippen molar-refractivity contribution < 1.29 is 4.79 Å². The molecule has 0 aliphatic rings. The summed E-state index contributed by atoms with van der Waals surface area (Å²) in [5.74, 6) is 0.986. The number of carbonyl (C=O) groups is 1. The summed E-state index contributed by atoms with van der Waals surface area (Å²) in [6.07, 6.45) is 3.14.